The molecule has 2 N–H and O–H groups in total. The second-order valence-corrected chi connectivity index (χ2v) is 4.55. The normalized spacial score (nSPS) is 18.3. The van der Waals surface area contributed by atoms with E-state index in [4.69, 9.17) is 11.6 Å². The molecule has 1 aromatic rings. The van der Waals surface area contributed by atoms with E-state index in [-0.39, 0.29) is 0 Å². The van der Waals surface area contributed by atoms with Crippen LogP contribution in [0.4, 0.5) is 5.82 Å². The Kier molecular flexibility index (Phi) is 2.53. The molecular weight excluding hydrogens is 224 g/mol. The third-order valence-corrected chi connectivity index (χ3v) is 3.20. The third kappa shape index (κ3) is 1.79. The number of rotatable bonds is 3. The SMILES string of the molecule is Clc1nc2c(c(NCC3CNC3)n1)CC=C2. The molecule has 0 amide bonds. The van der Waals surface area contributed by atoms with E-state index in [9.17, 15) is 0 Å². The number of fused-ring (bicyclic) bond motifs is 1. The zero-order chi connectivity index (χ0) is 11.0. The Labute approximate surface area is 99.1 Å². The van der Waals surface area contributed by atoms with Gasteiger partial charge in [0.05, 0.1) is 5.69 Å². The van der Waals surface area contributed by atoms with Crippen LogP contribution in [0.1, 0.15) is 11.3 Å². The fraction of sp³-hybridized carbons (Fsp3) is 0.455. The first kappa shape index (κ1) is 10.1. The number of nitrogens with zero attached hydrogens (tertiary/aromatic N) is 2. The molecule has 2 heterocycles. The molecule has 84 valence electrons. The van der Waals surface area contributed by atoms with E-state index in [0.29, 0.717) is 11.2 Å². The maximum absolute atomic E-state index is 5.88. The van der Waals surface area contributed by atoms with Crippen molar-refractivity contribution in [2.45, 2.75) is 6.42 Å². The summed E-state index contributed by atoms with van der Waals surface area (Å²) >= 11 is 5.88. The van der Waals surface area contributed by atoms with Crippen LogP contribution < -0.4 is 10.6 Å². The average Bonchev–Trinajstić information content (AvgIpc) is 2.62. The predicted octanol–water partition coefficient (Wildman–Crippen LogP) is 1.33. The van der Waals surface area contributed by atoms with Crippen molar-refractivity contribution in [3.63, 3.8) is 0 Å². The smallest absolute Gasteiger partial charge is 0.224 e. The minimum atomic E-state index is 0.319. The molecule has 16 heavy (non-hydrogen) atoms. The second-order valence-electron chi connectivity index (χ2n) is 4.22. The average molecular weight is 237 g/mol. The Hall–Kier alpha value is -1.13. The van der Waals surface area contributed by atoms with Crippen molar-refractivity contribution in [2.24, 2.45) is 5.92 Å². The van der Waals surface area contributed by atoms with Gasteiger partial charge in [0, 0.05) is 31.1 Å². The fourth-order valence-electron chi connectivity index (χ4n) is 1.98. The van der Waals surface area contributed by atoms with Crippen LogP contribution in [0, 0.1) is 5.92 Å². The minimum Gasteiger partial charge on any atom is -0.369 e. The van der Waals surface area contributed by atoms with Crippen LogP contribution in [0.3, 0.4) is 0 Å². The summed E-state index contributed by atoms with van der Waals surface area (Å²) in [5.41, 5.74) is 2.12. The lowest BCUT2D eigenvalue weighted by molar-refractivity contribution is 0.365. The van der Waals surface area contributed by atoms with E-state index in [1.54, 1.807) is 0 Å². The van der Waals surface area contributed by atoms with E-state index in [0.717, 1.165) is 43.1 Å². The zero-order valence-corrected chi connectivity index (χ0v) is 9.59. The number of allylic oxidation sites excluding steroid dienone is 1. The first-order valence-electron chi connectivity index (χ1n) is 5.50. The Balaban J connectivity index is 1.78. The van der Waals surface area contributed by atoms with Crippen molar-refractivity contribution in [1.82, 2.24) is 15.3 Å². The maximum atomic E-state index is 5.88. The van der Waals surface area contributed by atoms with E-state index < -0.39 is 0 Å². The van der Waals surface area contributed by atoms with Crippen molar-refractivity contribution in [3.05, 3.63) is 22.6 Å². The quantitative estimate of drug-likeness (QED) is 0.778. The van der Waals surface area contributed by atoms with Gasteiger partial charge in [0.25, 0.3) is 0 Å². The highest BCUT2D eigenvalue weighted by atomic mass is 35.5. The van der Waals surface area contributed by atoms with Gasteiger partial charge >= 0.3 is 0 Å². The summed E-state index contributed by atoms with van der Waals surface area (Å²) in [4.78, 5) is 8.45. The summed E-state index contributed by atoms with van der Waals surface area (Å²) < 4.78 is 0. The summed E-state index contributed by atoms with van der Waals surface area (Å²) in [5, 5.41) is 6.94. The molecule has 1 aromatic heterocycles. The molecule has 0 unspecified atom stereocenters. The Bertz CT molecular complexity index is 440. The summed E-state index contributed by atoms with van der Waals surface area (Å²) in [7, 11) is 0. The molecular formula is C11H13ClN4. The highest BCUT2D eigenvalue weighted by molar-refractivity contribution is 6.28. The monoisotopic (exact) mass is 236 g/mol. The van der Waals surface area contributed by atoms with Crippen LogP contribution in [0.2, 0.25) is 5.28 Å². The van der Waals surface area contributed by atoms with Crippen molar-refractivity contribution in [1.29, 1.82) is 0 Å². The van der Waals surface area contributed by atoms with Crippen LogP contribution in [-0.2, 0) is 6.42 Å². The van der Waals surface area contributed by atoms with Gasteiger partial charge in [0.15, 0.2) is 0 Å². The van der Waals surface area contributed by atoms with Gasteiger partial charge in [-0.15, -0.1) is 0 Å². The van der Waals surface area contributed by atoms with Crippen LogP contribution in [-0.4, -0.2) is 29.6 Å². The Morgan fingerprint density at radius 3 is 3.06 bits per heavy atom. The second kappa shape index (κ2) is 4.03. The van der Waals surface area contributed by atoms with E-state index >= 15 is 0 Å². The lowest BCUT2D eigenvalue weighted by atomic mass is 10.0. The van der Waals surface area contributed by atoms with Crippen LogP contribution in [0.5, 0.6) is 0 Å². The van der Waals surface area contributed by atoms with E-state index in [1.807, 2.05) is 6.08 Å². The first-order chi connectivity index (χ1) is 7.83. The zero-order valence-electron chi connectivity index (χ0n) is 8.83. The number of halogens is 1. The molecule has 2 aliphatic rings. The summed E-state index contributed by atoms with van der Waals surface area (Å²) in [6.45, 7) is 3.13. The third-order valence-electron chi connectivity index (χ3n) is 3.03. The van der Waals surface area contributed by atoms with Gasteiger partial charge in [-0.1, -0.05) is 6.08 Å². The van der Waals surface area contributed by atoms with Crippen molar-refractivity contribution >= 4 is 23.5 Å². The topological polar surface area (TPSA) is 49.8 Å². The molecule has 5 heteroatoms. The summed E-state index contributed by atoms with van der Waals surface area (Å²) in [5.74, 6) is 1.60. The lowest BCUT2D eigenvalue weighted by Crippen LogP contribution is -2.45. The van der Waals surface area contributed by atoms with Gasteiger partial charge in [0.1, 0.15) is 5.82 Å². The van der Waals surface area contributed by atoms with Crippen LogP contribution in [0.25, 0.3) is 6.08 Å². The van der Waals surface area contributed by atoms with Crippen molar-refractivity contribution in [3.8, 4) is 0 Å². The van der Waals surface area contributed by atoms with Crippen LogP contribution >= 0.6 is 11.6 Å². The van der Waals surface area contributed by atoms with Gasteiger partial charge in [-0.3, -0.25) is 0 Å². The van der Waals surface area contributed by atoms with Gasteiger partial charge in [-0.05, 0) is 24.1 Å². The van der Waals surface area contributed by atoms with Gasteiger partial charge in [-0.25, -0.2) is 9.97 Å². The molecule has 0 atom stereocenters. The number of aromatic nitrogens is 2. The van der Waals surface area contributed by atoms with Crippen LogP contribution in [0.15, 0.2) is 6.08 Å². The Morgan fingerprint density at radius 2 is 2.31 bits per heavy atom. The molecule has 0 aromatic carbocycles. The molecule has 4 nitrogen and oxygen atoms in total. The Morgan fingerprint density at radius 1 is 1.44 bits per heavy atom. The van der Waals surface area contributed by atoms with Crippen molar-refractivity contribution < 1.29 is 0 Å². The van der Waals surface area contributed by atoms with Gasteiger partial charge in [-0.2, -0.15) is 0 Å². The highest BCUT2D eigenvalue weighted by Crippen LogP contribution is 2.25. The van der Waals surface area contributed by atoms with E-state index in [2.05, 4.69) is 26.7 Å². The number of nitrogens with one attached hydrogen (secondary N) is 2. The maximum Gasteiger partial charge on any atom is 0.224 e. The summed E-state index contributed by atoms with van der Waals surface area (Å²) in [6.07, 6.45) is 4.99. The standard InChI is InChI=1S/C11H13ClN4/c12-11-15-9-3-1-2-8(9)10(16-11)14-6-7-4-13-5-7/h1,3,7,13H,2,4-6H2,(H,14,15,16). The molecule has 1 aliphatic carbocycles. The highest BCUT2D eigenvalue weighted by Gasteiger charge is 2.19. The molecule has 0 bridgehead atoms. The number of hydrogen-bond acceptors (Lipinski definition) is 4. The molecule has 0 radical (unpaired) electrons. The number of hydrogen-bond donors (Lipinski definition) is 2. The minimum absolute atomic E-state index is 0.319. The largest absolute Gasteiger partial charge is 0.369 e. The van der Waals surface area contributed by atoms with Crippen molar-refractivity contribution in [2.75, 3.05) is 25.0 Å². The number of anilines is 1. The molecule has 1 saturated heterocycles. The molecule has 3 rings (SSSR count). The predicted molar refractivity (Wildman–Crippen MR) is 64.6 cm³/mol. The molecule has 1 fully saturated rings. The van der Waals surface area contributed by atoms with Gasteiger partial charge in [0.2, 0.25) is 5.28 Å². The molecule has 1 aliphatic heterocycles. The molecule has 0 spiro atoms. The summed E-state index contributed by atoms with van der Waals surface area (Å²) in [6, 6.07) is 0. The first-order valence-corrected chi connectivity index (χ1v) is 5.88. The van der Waals surface area contributed by atoms with Gasteiger partial charge < -0.3 is 10.6 Å². The van der Waals surface area contributed by atoms with E-state index in [1.165, 1.54) is 0 Å². The molecule has 0 saturated carbocycles. The lowest BCUT2D eigenvalue weighted by Gasteiger charge is -2.27. The fourth-order valence-corrected chi connectivity index (χ4v) is 2.16.